The van der Waals surface area contributed by atoms with Crippen molar-refractivity contribution in [2.75, 3.05) is 0 Å². The largest absolute Gasteiger partial charge is 0.331 e. The maximum atomic E-state index is 14.2. The van der Waals surface area contributed by atoms with Gasteiger partial charge in [-0.05, 0) is 37.1 Å². The Hall–Kier alpha value is -2.80. The number of aromatic nitrogens is 4. The van der Waals surface area contributed by atoms with E-state index in [1.165, 1.54) is 23.4 Å². The fourth-order valence-electron chi connectivity index (χ4n) is 2.78. The topological polar surface area (TPSA) is 63.9 Å². The molecule has 6 nitrogen and oxygen atoms in total. The van der Waals surface area contributed by atoms with E-state index in [2.05, 4.69) is 15.1 Å². The highest BCUT2D eigenvalue weighted by molar-refractivity contribution is 6.31. The first-order valence-electron chi connectivity index (χ1n) is 8.18. The first-order valence-corrected chi connectivity index (χ1v) is 8.56. The van der Waals surface area contributed by atoms with Gasteiger partial charge in [-0.3, -0.25) is 4.79 Å². The van der Waals surface area contributed by atoms with E-state index in [0.717, 1.165) is 12.8 Å². The van der Waals surface area contributed by atoms with Gasteiger partial charge in [0.1, 0.15) is 18.5 Å². The second-order valence-electron chi connectivity index (χ2n) is 6.11. The number of hydrogen-bond donors (Lipinski definition) is 0. The predicted octanol–water partition coefficient (Wildman–Crippen LogP) is 3.26. The molecule has 0 unspecified atom stereocenters. The van der Waals surface area contributed by atoms with Crippen LogP contribution in [0.15, 0.2) is 49.2 Å². The average Bonchev–Trinajstić information content (AvgIpc) is 3.33. The lowest BCUT2D eigenvalue weighted by Gasteiger charge is -2.23. The first-order chi connectivity index (χ1) is 12.6. The van der Waals surface area contributed by atoms with Crippen LogP contribution in [0.5, 0.6) is 0 Å². The molecule has 4 rings (SSSR count). The van der Waals surface area contributed by atoms with E-state index >= 15 is 0 Å². The van der Waals surface area contributed by atoms with Crippen LogP contribution in [-0.2, 0) is 6.54 Å². The van der Waals surface area contributed by atoms with Crippen LogP contribution in [0.25, 0.3) is 5.82 Å². The molecular formula is C18H15ClFN5O. The summed E-state index contributed by atoms with van der Waals surface area (Å²) in [5.41, 5.74) is 0.796. The summed E-state index contributed by atoms with van der Waals surface area (Å²) in [6.07, 6.45) is 6.25. The van der Waals surface area contributed by atoms with Crippen LogP contribution in [0.4, 0.5) is 4.39 Å². The summed E-state index contributed by atoms with van der Waals surface area (Å²) in [7, 11) is 0. The SMILES string of the molecule is O=C(c1ccnc(-n2cncn2)c1)N(Cc1c(F)cccc1Cl)C1CC1. The minimum atomic E-state index is -0.408. The zero-order chi connectivity index (χ0) is 18.1. The summed E-state index contributed by atoms with van der Waals surface area (Å²) in [6.45, 7) is 0.135. The van der Waals surface area contributed by atoms with Crippen LogP contribution in [-0.4, -0.2) is 36.6 Å². The lowest BCUT2D eigenvalue weighted by atomic mass is 10.1. The fraction of sp³-hybridized carbons (Fsp3) is 0.222. The van der Waals surface area contributed by atoms with Crippen molar-refractivity contribution < 1.29 is 9.18 Å². The highest BCUT2D eigenvalue weighted by atomic mass is 35.5. The van der Waals surface area contributed by atoms with Gasteiger partial charge in [-0.15, -0.1) is 0 Å². The molecule has 1 aliphatic rings. The molecule has 0 N–H and O–H groups in total. The standard InChI is InChI=1S/C18H15ClFN5O/c19-15-2-1-3-16(20)14(15)9-24(13-4-5-13)18(26)12-6-7-22-17(8-12)25-11-21-10-23-25/h1-3,6-8,10-11,13H,4-5,9H2. The fourth-order valence-corrected chi connectivity index (χ4v) is 3.00. The molecular weight excluding hydrogens is 357 g/mol. The van der Waals surface area contributed by atoms with Gasteiger partial charge >= 0.3 is 0 Å². The van der Waals surface area contributed by atoms with Crippen LogP contribution in [0.1, 0.15) is 28.8 Å². The van der Waals surface area contributed by atoms with Gasteiger partial charge in [0.05, 0.1) is 6.54 Å². The molecule has 0 saturated heterocycles. The number of carbonyl (C=O) groups is 1. The molecule has 0 bridgehead atoms. The van der Waals surface area contributed by atoms with Crippen molar-refractivity contribution in [1.29, 1.82) is 0 Å². The molecule has 0 spiro atoms. The van der Waals surface area contributed by atoms with Crippen molar-refractivity contribution in [2.24, 2.45) is 0 Å². The molecule has 1 aliphatic carbocycles. The Kier molecular flexibility index (Phi) is 4.38. The molecule has 0 radical (unpaired) electrons. The van der Waals surface area contributed by atoms with E-state index < -0.39 is 5.82 Å². The minimum absolute atomic E-state index is 0.0983. The maximum Gasteiger partial charge on any atom is 0.254 e. The molecule has 1 amide bonds. The molecule has 132 valence electrons. The minimum Gasteiger partial charge on any atom is -0.331 e. The molecule has 1 aromatic carbocycles. The molecule has 1 fully saturated rings. The number of carbonyl (C=O) groups excluding carboxylic acids is 1. The van der Waals surface area contributed by atoms with Crippen LogP contribution in [0, 0.1) is 5.82 Å². The Morgan fingerprint density at radius 3 is 2.88 bits per heavy atom. The Bertz CT molecular complexity index is 922. The number of rotatable bonds is 5. The summed E-state index contributed by atoms with van der Waals surface area (Å²) >= 11 is 6.14. The molecule has 26 heavy (non-hydrogen) atoms. The van der Waals surface area contributed by atoms with Crippen molar-refractivity contribution in [3.8, 4) is 5.82 Å². The maximum absolute atomic E-state index is 14.2. The highest BCUT2D eigenvalue weighted by Crippen LogP contribution is 2.32. The van der Waals surface area contributed by atoms with Crippen LogP contribution >= 0.6 is 11.6 Å². The third-order valence-corrected chi connectivity index (χ3v) is 4.64. The zero-order valence-corrected chi connectivity index (χ0v) is 14.5. The molecule has 3 aromatic rings. The van der Waals surface area contributed by atoms with Crippen molar-refractivity contribution in [3.63, 3.8) is 0 Å². The van der Waals surface area contributed by atoms with Crippen molar-refractivity contribution in [3.05, 3.63) is 71.2 Å². The third-order valence-electron chi connectivity index (χ3n) is 4.28. The second-order valence-corrected chi connectivity index (χ2v) is 6.51. The Morgan fingerprint density at radius 1 is 1.35 bits per heavy atom. The molecule has 0 aliphatic heterocycles. The smallest absolute Gasteiger partial charge is 0.254 e. The van der Waals surface area contributed by atoms with E-state index in [1.54, 1.807) is 35.4 Å². The molecule has 1 saturated carbocycles. The Balaban J connectivity index is 1.63. The molecule has 2 heterocycles. The van der Waals surface area contributed by atoms with Gasteiger partial charge < -0.3 is 4.90 Å². The van der Waals surface area contributed by atoms with Crippen molar-refractivity contribution >= 4 is 17.5 Å². The summed E-state index contributed by atoms with van der Waals surface area (Å²) in [4.78, 5) is 22.8. The van der Waals surface area contributed by atoms with E-state index in [1.807, 2.05) is 0 Å². The predicted molar refractivity (Wildman–Crippen MR) is 93.5 cm³/mol. The zero-order valence-electron chi connectivity index (χ0n) is 13.7. The van der Waals surface area contributed by atoms with Gasteiger partial charge in [-0.1, -0.05) is 17.7 Å². The number of halogens is 2. The summed E-state index contributed by atoms with van der Waals surface area (Å²) in [5.74, 6) is -0.0995. The van der Waals surface area contributed by atoms with E-state index in [-0.39, 0.29) is 18.5 Å². The summed E-state index contributed by atoms with van der Waals surface area (Å²) < 4.78 is 15.6. The average molecular weight is 372 g/mol. The molecule has 2 aromatic heterocycles. The van der Waals surface area contributed by atoms with E-state index in [9.17, 15) is 9.18 Å². The van der Waals surface area contributed by atoms with Crippen molar-refractivity contribution in [1.82, 2.24) is 24.6 Å². The number of hydrogen-bond acceptors (Lipinski definition) is 4. The van der Waals surface area contributed by atoms with Gasteiger partial charge in [0.15, 0.2) is 5.82 Å². The number of pyridine rings is 1. The van der Waals surface area contributed by atoms with Gasteiger partial charge in [0.25, 0.3) is 5.91 Å². The summed E-state index contributed by atoms with van der Waals surface area (Å²) in [6, 6.07) is 7.92. The number of amides is 1. The second kappa shape index (κ2) is 6.84. The lowest BCUT2D eigenvalue weighted by Crippen LogP contribution is -2.33. The molecule has 0 atom stereocenters. The highest BCUT2D eigenvalue weighted by Gasteiger charge is 2.34. The first kappa shape index (κ1) is 16.7. The van der Waals surface area contributed by atoms with Crippen LogP contribution in [0.2, 0.25) is 5.02 Å². The Labute approximate surface area is 154 Å². The monoisotopic (exact) mass is 371 g/mol. The lowest BCUT2D eigenvalue weighted by molar-refractivity contribution is 0.0728. The number of benzene rings is 1. The Morgan fingerprint density at radius 2 is 2.19 bits per heavy atom. The third kappa shape index (κ3) is 3.30. The molecule has 8 heteroatoms. The van der Waals surface area contributed by atoms with Crippen molar-refractivity contribution in [2.45, 2.75) is 25.4 Å². The summed E-state index contributed by atoms with van der Waals surface area (Å²) in [5, 5.41) is 4.34. The quantitative estimate of drug-likeness (QED) is 0.690. The van der Waals surface area contributed by atoms with Gasteiger partial charge in [-0.25, -0.2) is 19.0 Å². The van der Waals surface area contributed by atoms with Crippen LogP contribution in [0.3, 0.4) is 0 Å². The van der Waals surface area contributed by atoms with Gasteiger partial charge in [-0.2, -0.15) is 5.10 Å². The normalized spacial score (nSPS) is 13.6. The van der Waals surface area contributed by atoms with Gasteiger partial charge in [0.2, 0.25) is 0 Å². The van der Waals surface area contributed by atoms with Crippen LogP contribution < -0.4 is 0 Å². The van der Waals surface area contributed by atoms with E-state index in [4.69, 9.17) is 11.6 Å². The number of nitrogens with zero attached hydrogens (tertiary/aromatic N) is 5. The van der Waals surface area contributed by atoms with E-state index in [0.29, 0.717) is 22.0 Å². The van der Waals surface area contributed by atoms with Gasteiger partial charge in [0, 0.05) is 28.4 Å².